The largest absolute Gasteiger partial charge is 0.493 e. The number of hydrogen-bond donors (Lipinski definition) is 2. The van der Waals surface area contributed by atoms with Crippen LogP contribution in [0.15, 0.2) is 18.2 Å². The van der Waals surface area contributed by atoms with Crippen molar-refractivity contribution in [2.24, 2.45) is 0 Å². The van der Waals surface area contributed by atoms with Gasteiger partial charge in [-0.25, -0.2) is 0 Å². The summed E-state index contributed by atoms with van der Waals surface area (Å²) in [6, 6.07) is 6.26. The molecule has 0 amide bonds. The van der Waals surface area contributed by atoms with Gasteiger partial charge in [0.05, 0.1) is 13.7 Å². The molecule has 0 spiro atoms. The fraction of sp³-hybridized carbons (Fsp3) is 0.739. The Hall–Kier alpha value is -1.34. The van der Waals surface area contributed by atoms with Gasteiger partial charge in [0.15, 0.2) is 11.5 Å². The zero-order chi connectivity index (χ0) is 21.1. The van der Waals surface area contributed by atoms with Gasteiger partial charge in [0.2, 0.25) is 0 Å². The molecule has 1 aliphatic heterocycles. The topological polar surface area (TPSA) is 65.4 Å². The van der Waals surface area contributed by atoms with Crippen LogP contribution in [0.4, 0.5) is 0 Å². The Morgan fingerprint density at radius 3 is 2.38 bits per heavy atom. The van der Waals surface area contributed by atoms with Crippen molar-refractivity contribution < 1.29 is 19.7 Å². The lowest BCUT2D eigenvalue weighted by molar-refractivity contribution is 0.0644. The van der Waals surface area contributed by atoms with E-state index in [0.29, 0.717) is 30.6 Å². The minimum atomic E-state index is -0.514. The highest BCUT2D eigenvalue weighted by Crippen LogP contribution is 2.29. The smallest absolute Gasteiger partial charge is 0.161 e. The van der Waals surface area contributed by atoms with E-state index in [1.807, 2.05) is 18.2 Å². The van der Waals surface area contributed by atoms with Crippen LogP contribution in [-0.2, 0) is 6.54 Å². The summed E-state index contributed by atoms with van der Waals surface area (Å²) in [7, 11) is 1.64. The molecule has 0 radical (unpaired) electrons. The number of hydrogen-bond acceptors (Lipinski definition) is 6. The third kappa shape index (κ3) is 8.51. The molecule has 166 valence electrons. The molecule has 1 aliphatic rings. The molecule has 1 saturated heterocycles. The van der Waals surface area contributed by atoms with E-state index in [2.05, 4.69) is 23.6 Å². The summed E-state index contributed by atoms with van der Waals surface area (Å²) < 4.78 is 11.4. The molecule has 1 aromatic rings. The van der Waals surface area contributed by atoms with Crippen LogP contribution in [0.1, 0.15) is 51.5 Å². The van der Waals surface area contributed by atoms with E-state index in [-0.39, 0.29) is 13.2 Å². The molecule has 0 aliphatic carbocycles. The van der Waals surface area contributed by atoms with Gasteiger partial charge in [-0.1, -0.05) is 25.3 Å². The van der Waals surface area contributed by atoms with Crippen molar-refractivity contribution >= 4 is 0 Å². The van der Waals surface area contributed by atoms with E-state index < -0.39 is 6.10 Å². The number of nitrogens with zero attached hydrogens (tertiary/aromatic N) is 2. The summed E-state index contributed by atoms with van der Waals surface area (Å²) in [5, 5.41) is 19.7. The number of aliphatic hydroxyl groups is 2. The Morgan fingerprint density at radius 1 is 1.07 bits per heavy atom. The molecular weight excluding hydrogens is 368 g/mol. The maximum absolute atomic E-state index is 10.4. The third-order valence-corrected chi connectivity index (χ3v) is 5.58. The first-order valence-corrected chi connectivity index (χ1v) is 11.1. The number of benzene rings is 1. The highest BCUT2D eigenvalue weighted by Gasteiger charge is 2.16. The van der Waals surface area contributed by atoms with Gasteiger partial charge in [0, 0.05) is 25.7 Å². The van der Waals surface area contributed by atoms with E-state index in [9.17, 15) is 10.2 Å². The first-order chi connectivity index (χ1) is 14.0. The Kier molecular flexibility index (Phi) is 10.8. The second kappa shape index (κ2) is 13.1. The van der Waals surface area contributed by atoms with Gasteiger partial charge in [0.25, 0.3) is 0 Å². The van der Waals surface area contributed by atoms with E-state index in [0.717, 1.165) is 25.2 Å². The number of ether oxygens (including phenoxy) is 2. The standard InChI is InChI=1S/C23H40N2O4/c1-19(2)25(13-14-26)16-20-9-10-22(23(15-20)28-3)29-18-21(27)17-24-11-7-5-4-6-8-12-24/h9-10,15,19,21,26-27H,4-8,11-14,16-18H2,1-3H3/t21-/m0/s1. The van der Waals surface area contributed by atoms with Crippen molar-refractivity contribution in [1.29, 1.82) is 0 Å². The van der Waals surface area contributed by atoms with E-state index in [1.165, 1.54) is 32.1 Å². The van der Waals surface area contributed by atoms with Crippen molar-refractivity contribution in [2.75, 3.05) is 46.5 Å². The molecule has 6 heteroatoms. The summed E-state index contributed by atoms with van der Waals surface area (Å²) in [4.78, 5) is 4.57. The fourth-order valence-corrected chi connectivity index (χ4v) is 3.84. The van der Waals surface area contributed by atoms with Crippen LogP contribution in [0.25, 0.3) is 0 Å². The van der Waals surface area contributed by atoms with Crippen LogP contribution in [0.3, 0.4) is 0 Å². The number of β-amino-alcohol motifs (C(OH)–C–C–N with tert-alkyl or cyclic N) is 1. The van der Waals surface area contributed by atoms with E-state index in [4.69, 9.17) is 9.47 Å². The lowest BCUT2D eigenvalue weighted by Crippen LogP contribution is -2.37. The van der Waals surface area contributed by atoms with Gasteiger partial charge < -0.3 is 24.6 Å². The minimum Gasteiger partial charge on any atom is -0.493 e. The zero-order valence-corrected chi connectivity index (χ0v) is 18.5. The van der Waals surface area contributed by atoms with Crippen LogP contribution >= 0.6 is 0 Å². The molecule has 1 heterocycles. The molecule has 0 bridgehead atoms. The monoisotopic (exact) mass is 408 g/mol. The van der Waals surface area contributed by atoms with Crippen LogP contribution in [0, 0.1) is 0 Å². The minimum absolute atomic E-state index is 0.144. The average molecular weight is 409 g/mol. The van der Waals surface area contributed by atoms with Crippen LogP contribution < -0.4 is 9.47 Å². The molecule has 1 fully saturated rings. The first kappa shape index (κ1) is 23.9. The zero-order valence-electron chi connectivity index (χ0n) is 18.5. The predicted molar refractivity (Wildman–Crippen MR) is 117 cm³/mol. The molecule has 0 aromatic heterocycles. The average Bonchev–Trinajstić information content (AvgIpc) is 2.68. The van der Waals surface area contributed by atoms with Gasteiger partial charge in [-0.3, -0.25) is 4.90 Å². The maximum atomic E-state index is 10.4. The highest BCUT2D eigenvalue weighted by atomic mass is 16.5. The summed E-state index contributed by atoms with van der Waals surface area (Å²) in [6.07, 6.45) is 5.83. The SMILES string of the molecule is COc1cc(CN(CCO)C(C)C)ccc1OC[C@@H](O)CN1CCCCCCC1. The van der Waals surface area contributed by atoms with Crippen LogP contribution in [0.2, 0.25) is 0 Å². The molecule has 1 atom stereocenters. The number of aliphatic hydroxyl groups excluding tert-OH is 2. The molecule has 0 unspecified atom stereocenters. The lowest BCUT2D eigenvalue weighted by Gasteiger charge is -2.27. The number of methoxy groups -OCH3 is 1. The predicted octanol–water partition coefficient (Wildman–Crippen LogP) is 2.90. The molecule has 0 saturated carbocycles. The Bertz CT molecular complexity index is 574. The molecular formula is C23H40N2O4. The van der Waals surface area contributed by atoms with Gasteiger partial charge in [-0.2, -0.15) is 0 Å². The lowest BCUT2D eigenvalue weighted by atomic mass is 10.1. The van der Waals surface area contributed by atoms with Crippen molar-refractivity contribution in [1.82, 2.24) is 9.80 Å². The Labute approximate surface area is 176 Å². The van der Waals surface area contributed by atoms with Crippen LogP contribution in [-0.4, -0.2) is 78.7 Å². The third-order valence-electron chi connectivity index (χ3n) is 5.58. The quantitative estimate of drug-likeness (QED) is 0.587. The summed E-state index contributed by atoms with van der Waals surface area (Å²) >= 11 is 0. The van der Waals surface area contributed by atoms with Crippen molar-refractivity contribution in [3.63, 3.8) is 0 Å². The van der Waals surface area contributed by atoms with E-state index in [1.54, 1.807) is 7.11 Å². The fourth-order valence-electron chi connectivity index (χ4n) is 3.84. The van der Waals surface area contributed by atoms with Crippen LogP contribution in [0.5, 0.6) is 11.5 Å². The molecule has 1 aromatic carbocycles. The van der Waals surface area contributed by atoms with Gasteiger partial charge in [0.1, 0.15) is 12.7 Å². The van der Waals surface area contributed by atoms with Crippen molar-refractivity contribution in [3.05, 3.63) is 23.8 Å². The summed E-state index contributed by atoms with van der Waals surface area (Å²) in [5.41, 5.74) is 1.11. The van der Waals surface area contributed by atoms with Crippen molar-refractivity contribution in [3.8, 4) is 11.5 Å². The van der Waals surface area contributed by atoms with E-state index >= 15 is 0 Å². The maximum Gasteiger partial charge on any atom is 0.161 e. The second-order valence-corrected chi connectivity index (χ2v) is 8.31. The van der Waals surface area contributed by atoms with Gasteiger partial charge >= 0.3 is 0 Å². The highest BCUT2D eigenvalue weighted by molar-refractivity contribution is 5.43. The number of likely N-dealkylation sites (tertiary alicyclic amines) is 1. The summed E-state index contributed by atoms with van der Waals surface area (Å²) in [5.74, 6) is 1.33. The Morgan fingerprint density at radius 2 is 1.76 bits per heavy atom. The normalized spacial score (nSPS) is 17.2. The molecule has 6 nitrogen and oxygen atoms in total. The van der Waals surface area contributed by atoms with Gasteiger partial charge in [-0.15, -0.1) is 0 Å². The molecule has 2 N–H and O–H groups in total. The number of rotatable bonds is 11. The first-order valence-electron chi connectivity index (χ1n) is 11.1. The second-order valence-electron chi connectivity index (χ2n) is 8.31. The molecule has 2 rings (SSSR count). The summed E-state index contributed by atoms with van der Waals surface area (Å²) in [6.45, 7) is 8.82. The van der Waals surface area contributed by atoms with Crippen molar-refractivity contribution in [2.45, 2.75) is 64.6 Å². The van der Waals surface area contributed by atoms with Gasteiger partial charge in [-0.05, 0) is 57.5 Å². The molecule has 29 heavy (non-hydrogen) atoms. The Balaban J connectivity index is 1.89.